The number of aliphatic hydroxyl groups is 1. The maximum Gasteiger partial charge on any atom is 1.00 e. The Labute approximate surface area is 674 Å². The van der Waals surface area contributed by atoms with Crippen molar-refractivity contribution >= 4 is 66.6 Å². The number of alkyl halides is 2. The van der Waals surface area contributed by atoms with Crippen LogP contribution in [0.1, 0.15) is 187 Å². The van der Waals surface area contributed by atoms with E-state index in [4.69, 9.17) is 56.0 Å². The van der Waals surface area contributed by atoms with Crippen molar-refractivity contribution in [2.75, 3.05) is 61.0 Å². The monoisotopic (exact) mass is 1570 g/mol. The molecule has 0 spiro atoms. The van der Waals surface area contributed by atoms with Crippen molar-refractivity contribution in [1.29, 1.82) is 0 Å². The van der Waals surface area contributed by atoms with Gasteiger partial charge in [0.1, 0.15) is 99.6 Å². The number of esters is 2. The maximum atomic E-state index is 13.3. The van der Waals surface area contributed by atoms with E-state index in [0.29, 0.717) is 26.9 Å². The fraction of sp³-hybridized carbons (Fsp3) is 0.569. The van der Waals surface area contributed by atoms with E-state index in [0.717, 1.165) is 44.6 Å². The number of nitrogens with one attached hydrogen (secondary N) is 3. The van der Waals surface area contributed by atoms with Crippen molar-refractivity contribution in [2.24, 2.45) is 0 Å². The molecule has 0 unspecified atom stereocenters. The summed E-state index contributed by atoms with van der Waals surface area (Å²) in [5.41, 5.74) is -4.81. The molecule has 6 rings (SSSR count). The molecule has 2 aliphatic rings. The molecule has 0 saturated carbocycles. The van der Waals surface area contributed by atoms with Gasteiger partial charge in [0.05, 0.1) is 64.0 Å². The second kappa shape index (κ2) is 48.9. The van der Waals surface area contributed by atoms with Gasteiger partial charge in [0.25, 0.3) is 0 Å². The molecule has 4 aromatic carbocycles. The minimum Gasteiger partial charge on any atom is -1.00 e. The Balaban J connectivity index is -0.000000234. The molecule has 5 N–H and O–H groups in total. The fourth-order valence-electron chi connectivity index (χ4n) is 7.69. The number of hydrogen-bond acceptors (Lipinski definition) is 21. The third kappa shape index (κ3) is 46.6. The molecule has 599 valence electrons. The number of aliphatic hydroxyl groups excluding tert-OH is 1. The molecule has 4 aromatic rings. The number of carbonyl (C=O) groups excluding carboxylic acids is 6. The number of hydrogen-bond donors (Lipinski definition) is 5. The number of alkyl carbamates (subject to hydrolysis) is 3. The Morgan fingerprint density at radius 1 is 0.579 bits per heavy atom. The standard InChI is InChI=1S/C17H24FNO5.C16H23ClFNO3.C16H24FNO4.C9H17NO5S.C8H7FO3.C4H8O.CH3F.CH3.B.Li.Na.2H/c1-16(2,3)24-15(21)19-17(4,5)10-23-13-8-7-11(18)9-12(13)14(20)22-6;1-15(2,3)22-14(20)19-16(4,5)10-21-13-7-6-12(18)8-11(13)9-17;1-15(2,3)22-14(20)18-16(4,5)10-21-13-7-6-12(17)8-11(13)9-19;1-8(2,3)15-7(11)10-9(4,5)6-14-16(10,12)13;1-12-8(11)6-4-5(9)2-3-7(6)10;1-2-4-5-3-1;1-2;;;;;;/h7-9H,10H2,1-6H3,(H,19,21);6-8H,9-10H2,1-5H3,(H,19,20);6-8,19H,9-10H2,1-5H3,(H,18,20);6H2,1-5H3;2-4,10H,1H3;1-4H2;1H3;1H3;;;;;/q;;;;;;;-1;;2*+1;2*-1/i;;;;;;1D;;;;;;. The quantitative estimate of drug-likeness (QED) is 0.0175. The Kier molecular flexibility index (Phi) is 48.9. The molecule has 2 heterocycles. The normalized spacial score (nSPS) is 13.4. The number of ether oxygens (including phenoxy) is 10. The molecule has 2 aliphatic heterocycles. The zero-order valence-corrected chi connectivity index (χ0v) is 70.1. The van der Waals surface area contributed by atoms with Crippen LogP contribution in [0.4, 0.5) is 41.1 Å². The summed E-state index contributed by atoms with van der Waals surface area (Å²) in [6.07, 6.45) is 0.0127. The van der Waals surface area contributed by atoms with Crippen LogP contribution in [-0.2, 0) is 60.1 Å². The van der Waals surface area contributed by atoms with Gasteiger partial charge in [0.15, 0.2) is 0 Å². The number of phenols is 1. The van der Waals surface area contributed by atoms with E-state index in [1.165, 1.54) is 68.5 Å². The first-order valence-corrected chi connectivity index (χ1v) is 33.9. The van der Waals surface area contributed by atoms with Crippen molar-refractivity contribution in [2.45, 2.75) is 208 Å². The third-order valence-corrected chi connectivity index (χ3v) is 13.9. The first kappa shape index (κ1) is 107. The molecule has 25 nitrogen and oxygen atoms in total. The second-order valence-corrected chi connectivity index (χ2v) is 30.8. The van der Waals surface area contributed by atoms with Crippen molar-refractivity contribution in [3.8, 4) is 23.0 Å². The average molecular weight is 1570 g/mol. The SMILES string of the molecule is C1CCOC1.CC(C)(C)OC(=O)N1C(C)(C)COS1(=O)=O.CC(C)(COc1ccc(F)cc1CCl)NC(=O)OC(C)(C)C.CC(C)(COc1ccc(F)cc1CO)NC(=O)OC(C)(C)C.COC(=O)c1cc(F)ccc1O.COC(=O)c1cc(F)ccc1OCC(C)(C)NC(=O)OC(C)(C)C.[2H]CF.[B].[CH3-].[H-].[H-].[Li+].[Na+]. The van der Waals surface area contributed by atoms with Crippen LogP contribution in [0, 0.1) is 30.7 Å². The molecular weight excluding hydrogens is 1460 g/mol. The van der Waals surface area contributed by atoms with Gasteiger partial charge in [0.2, 0.25) is 0 Å². The summed E-state index contributed by atoms with van der Waals surface area (Å²) in [4.78, 5) is 69.7. The van der Waals surface area contributed by atoms with E-state index in [1.54, 1.807) is 138 Å². The number of aromatic hydroxyl groups is 1. The Bertz CT molecular complexity index is 3440. The van der Waals surface area contributed by atoms with Crippen molar-refractivity contribution in [3.05, 3.63) is 126 Å². The number of carbonyl (C=O) groups is 6. The molecule has 107 heavy (non-hydrogen) atoms. The largest absolute Gasteiger partial charge is 1.00 e. The van der Waals surface area contributed by atoms with Gasteiger partial charge in [0, 0.05) is 32.8 Å². The van der Waals surface area contributed by atoms with Gasteiger partial charge in [-0.2, -0.15) is 12.7 Å². The zero-order valence-electron chi connectivity index (χ0n) is 69.6. The van der Waals surface area contributed by atoms with Crippen LogP contribution >= 0.6 is 11.6 Å². The summed E-state index contributed by atoms with van der Waals surface area (Å²) in [6, 6.07) is 14.7. The molecule has 0 aromatic heterocycles. The van der Waals surface area contributed by atoms with E-state index < -0.39 is 116 Å². The molecule has 0 aliphatic carbocycles. The van der Waals surface area contributed by atoms with Gasteiger partial charge in [-0.25, -0.2) is 46.3 Å². The summed E-state index contributed by atoms with van der Waals surface area (Å²) in [5, 5.41) is 26.4. The first-order chi connectivity index (χ1) is 47.5. The second-order valence-electron chi connectivity index (χ2n) is 29.1. The summed E-state index contributed by atoms with van der Waals surface area (Å²) in [7, 11) is -2.65. The zero-order chi connectivity index (χ0) is 80.6. The summed E-state index contributed by atoms with van der Waals surface area (Å²) >= 11 is 5.77. The molecule has 35 heteroatoms. The van der Waals surface area contributed by atoms with Crippen LogP contribution in [0.2, 0.25) is 0 Å². The van der Waals surface area contributed by atoms with E-state index in [-0.39, 0.29) is 134 Å². The van der Waals surface area contributed by atoms with Crippen molar-refractivity contribution < 1.29 is 174 Å². The fourth-order valence-corrected chi connectivity index (χ4v) is 9.32. The van der Waals surface area contributed by atoms with Gasteiger partial charge in [-0.1, -0.05) is 0 Å². The van der Waals surface area contributed by atoms with Crippen LogP contribution in [-0.4, -0.2) is 173 Å². The molecule has 0 bridgehead atoms. The predicted octanol–water partition coefficient (Wildman–Crippen LogP) is 8.82. The molecule has 2 saturated heterocycles. The number of amides is 4. The summed E-state index contributed by atoms with van der Waals surface area (Å²) < 4.78 is 147. The summed E-state index contributed by atoms with van der Waals surface area (Å²) in [5.74, 6) is -2.54. The number of methoxy groups -OCH3 is 2. The number of benzene rings is 4. The Morgan fingerprint density at radius 3 is 1.21 bits per heavy atom. The Morgan fingerprint density at radius 2 is 0.897 bits per heavy atom. The third-order valence-electron chi connectivity index (χ3n) is 12.1. The molecule has 0 atom stereocenters. The number of phenolic OH excluding ortho intramolecular Hbond substituents is 1. The smallest absolute Gasteiger partial charge is 1.00 e. The summed E-state index contributed by atoms with van der Waals surface area (Å²) in [6.45, 7) is 36.8. The van der Waals surface area contributed by atoms with Gasteiger partial charge in [-0.15, -0.1) is 11.6 Å². The van der Waals surface area contributed by atoms with Crippen LogP contribution < -0.4 is 78.6 Å². The van der Waals surface area contributed by atoms with E-state index in [1.807, 2.05) is 0 Å². The van der Waals surface area contributed by atoms with Crippen molar-refractivity contribution in [3.63, 3.8) is 0 Å². The Hall–Kier alpha value is -6.47. The van der Waals surface area contributed by atoms with E-state index in [2.05, 4.69) is 29.6 Å². The van der Waals surface area contributed by atoms with Gasteiger partial charge >= 0.3 is 95.0 Å². The molecule has 3 radical (unpaired) electrons. The molecule has 4 amide bonds. The average Bonchev–Trinajstić information content (AvgIpc) is 1.62. The van der Waals surface area contributed by atoms with E-state index in [9.17, 15) is 64.2 Å². The minimum absolute atomic E-state index is 0. The maximum absolute atomic E-state index is 13.3. The van der Waals surface area contributed by atoms with Crippen LogP contribution in [0.15, 0.2) is 72.8 Å². The van der Waals surface area contributed by atoms with Crippen molar-refractivity contribution in [1.82, 2.24) is 20.3 Å². The molecular formula is C72H111BClF5LiN4NaO21S-. The van der Waals surface area contributed by atoms with Crippen LogP contribution in [0.3, 0.4) is 0 Å². The van der Waals surface area contributed by atoms with E-state index >= 15 is 0 Å². The number of nitrogens with zero attached hydrogens (tertiary/aromatic N) is 1. The number of halogens is 6. The van der Waals surface area contributed by atoms with Crippen LogP contribution in [0.5, 0.6) is 23.0 Å². The molecule has 2 fully saturated rings. The predicted molar refractivity (Wildman–Crippen MR) is 391 cm³/mol. The van der Waals surface area contributed by atoms with Gasteiger partial charge in [-0.3, -0.25) is 8.57 Å². The topological polar surface area (TPSA) is 318 Å². The van der Waals surface area contributed by atoms with Crippen LogP contribution in [0.25, 0.3) is 0 Å². The first-order valence-electron chi connectivity index (χ1n) is 32.7. The minimum atomic E-state index is -4.01. The number of rotatable bonds is 16. The van der Waals surface area contributed by atoms with Gasteiger partial charge in [-0.05, 0) is 224 Å². The van der Waals surface area contributed by atoms with Gasteiger partial charge < -0.3 is 83.8 Å².